The summed E-state index contributed by atoms with van der Waals surface area (Å²) in [4.78, 5) is 27.9. The zero-order valence-electron chi connectivity index (χ0n) is 18.2. The molecule has 1 aromatic heterocycles. The maximum Gasteiger partial charge on any atom is 0.416 e. The van der Waals surface area contributed by atoms with Crippen molar-refractivity contribution in [1.82, 2.24) is 20.9 Å². The second-order valence-electron chi connectivity index (χ2n) is 8.02. The van der Waals surface area contributed by atoms with Gasteiger partial charge in [0.15, 0.2) is 0 Å². The van der Waals surface area contributed by atoms with Crippen LogP contribution in [0.5, 0.6) is 5.88 Å². The summed E-state index contributed by atoms with van der Waals surface area (Å²) in [5, 5.41) is 8.07. The van der Waals surface area contributed by atoms with E-state index in [0.29, 0.717) is 11.1 Å². The third-order valence-electron chi connectivity index (χ3n) is 5.16. The Hall–Kier alpha value is -3.28. The van der Waals surface area contributed by atoms with E-state index in [1.165, 1.54) is 30.5 Å². The maximum absolute atomic E-state index is 13.7. The van der Waals surface area contributed by atoms with Crippen LogP contribution in [-0.2, 0) is 22.3 Å². The number of hydrogen-bond donors (Lipinski definition) is 3. The van der Waals surface area contributed by atoms with E-state index in [-0.39, 0.29) is 36.2 Å². The van der Waals surface area contributed by atoms with Crippen LogP contribution in [-0.4, -0.2) is 23.4 Å². The predicted molar refractivity (Wildman–Crippen MR) is 110 cm³/mol. The molecule has 2 amide bonds. The molecule has 1 aliphatic heterocycles. The van der Waals surface area contributed by atoms with E-state index in [1.54, 1.807) is 13.8 Å². The van der Waals surface area contributed by atoms with E-state index in [1.807, 2.05) is 0 Å². The van der Waals surface area contributed by atoms with Crippen molar-refractivity contribution in [2.45, 2.75) is 51.8 Å². The van der Waals surface area contributed by atoms with Crippen molar-refractivity contribution in [2.75, 3.05) is 0 Å². The third kappa shape index (κ3) is 6.40. The van der Waals surface area contributed by atoms with Crippen LogP contribution in [0.3, 0.4) is 0 Å². The predicted octanol–water partition coefficient (Wildman–Crippen LogP) is 3.82. The van der Waals surface area contributed by atoms with Gasteiger partial charge in [0, 0.05) is 42.8 Å². The van der Waals surface area contributed by atoms with Gasteiger partial charge in [-0.25, -0.2) is 4.98 Å². The molecule has 2 aromatic rings. The van der Waals surface area contributed by atoms with Gasteiger partial charge in [-0.05, 0) is 29.3 Å². The molecule has 3 rings (SSSR count). The Kier molecular flexibility index (Phi) is 7.70. The number of hydrogen-bond acceptors (Lipinski definition) is 5. The van der Waals surface area contributed by atoms with Crippen LogP contribution in [0.25, 0.3) is 0 Å². The number of carbonyl (C=O) groups is 2. The van der Waals surface area contributed by atoms with Gasteiger partial charge in [0.1, 0.15) is 6.17 Å². The molecular weight excluding hydrogens is 463 g/mol. The Bertz CT molecular complexity index is 1050. The molecule has 1 saturated heterocycles. The lowest BCUT2D eigenvalue weighted by Crippen LogP contribution is -2.47. The molecule has 184 valence electrons. The fraction of sp³-hybridized carbons (Fsp3) is 0.409. The van der Waals surface area contributed by atoms with E-state index < -0.39 is 36.5 Å². The van der Waals surface area contributed by atoms with Gasteiger partial charge in [-0.2, -0.15) is 22.0 Å². The van der Waals surface area contributed by atoms with Crippen molar-refractivity contribution in [2.24, 2.45) is 5.92 Å². The molecule has 3 N–H and O–H groups in total. The maximum atomic E-state index is 13.7. The number of amides is 2. The number of rotatable bonds is 7. The van der Waals surface area contributed by atoms with Crippen LogP contribution in [0.15, 0.2) is 36.5 Å². The molecule has 0 aliphatic carbocycles. The van der Waals surface area contributed by atoms with Crippen molar-refractivity contribution in [3.05, 3.63) is 58.8 Å². The van der Waals surface area contributed by atoms with E-state index in [9.17, 15) is 31.5 Å². The van der Waals surface area contributed by atoms with Crippen LogP contribution in [0, 0.1) is 5.92 Å². The number of halogens is 5. The second kappa shape index (κ2) is 10.3. The summed E-state index contributed by atoms with van der Waals surface area (Å²) in [6.45, 7) is 0.273. The number of nitrogens with zero attached hydrogens (tertiary/aromatic N) is 1. The molecular formula is C22H23F5N4O3. The zero-order valence-corrected chi connectivity index (χ0v) is 18.2. The summed E-state index contributed by atoms with van der Waals surface area (Å²) in [7, 11) is 0. The van der Waals surface area contributed by atoms with Gasteiger partial charge in [-0.1, -0.05) is 19.9 Å². The highest BCUT2D eigenvalue weighted by Crippen LogP contribution is 2.37. The topological polar surface area (TPSA) is 92.4 Å². The van der Waals surface area contributed by atoms with E-state index in [4.69, 9.17) is 0 Å². The number of nitrogens with one attached hydrogen (secondary N) is 3. The van der Waals surface area contributed by atoms with Crippen molar-refractivity contribution in [3.8, 4) is 5.88 Å². The normalized spacial score (nSPS) is 18.7. The molecule has 0 bridgehead atoms. The molecule has 2 unspecified atom stereocenters. The van der Waals surface area contributed by atoms with Crippen molar-refractivity contribution >= 4 is 11.8 Å². The lowest BCUT2D eigenvalue weighted by molar-refractivity contribution is -0.139. The first-order valence-electron chi connectivity index (χ1n) is 10.4. The number of aromatic nitrogens is 1. The quantitative estimate of drug-likeness (QED) is 0.518. The van der Waals surface area contributed by atoms with Crippen LogP contribution in [0.4, 0.5) is 22.0 Å². The Morgan fingerprint density at radius 3 is 2.62 bits per heavy atom. The minimum Gasteiger partial charge on any atom is -0.417 e. The van der Waals surface area contributed by atoms with Gasteiger partial charge in [0.05, 0.1) is 5.56 Å². The number of benzene rings is 1. The first-order chi connectivity index (χ1) is 15.9. The summed E-state index contributed by atoms with van der Waals surface area (Å²) in [5.41, 5.74) is -0.438. The summed E-state index contributed by atoms with van der Waals surface area (Å²) in [5.74, 6) is -1.47. The molecule has 2 atom stereocenters. The Morgan fingerprint density at radius 1 is 1.24 bits per heavy atom. The number of alkyl halides is 5. The fourth-order valence-electron chi connectivity index (χ4n) is 3.50. The van der Waals surface area contributed by atoms with Crippen molar-refractivity contribution < 1.29 is 36.3 Å². The van der Waals surface area contributed by atoms with E-state index >= 15 is 0 Å². The highest BCUT2D eigenvalue weighted by molar-refractivity contribution is 5.78. The van der Waals surface area contributed by atoms with Gasteiger partial charge in [-0.15, -0.1) is 0 Å². The lowest BCUT2D eigenvalue weighted by atomic mass is 9.96. The zero-order chi connectivity index (χ0) is 25.0. The summed E-state index contributed by atoms with van der Waals surface area (Å²) < 4.78 is 70.5. The summed E-state index contributed by atoms with van der Waals surface area (Å²) >= 11 is 0. The number of carbonyl (C=O) groups excluding carboxylic acids is 2. The minimum atomic E-state index is -4.71. The van der Waals surface area contributed by atoms with Crippen molar-refractivity contribution in [3.63, 3.8) is 0 Å². The van der Waals surface area contributed by atoms with Gasteiger partial charge in [-0.3, -0.25) is 14.9 Å². The summed E-state index contributed by atoms with van der Waals surface area (Å²) in [6.07, 6.45) is -4.87. The molecule has 7 nitrogen and oxygen atoms in total. The average Bonchev–Trinajstić information content (AvgIpc) is 2.75. The standard InChI is InChI=1S/C22H23F5N4O3/c1-11(2)20(33)29-10-12-3-4-15(22(25,26)27)14(7-12)19-30-16(9-17(32)31-19)13-5-6-28-18(8-13)34-21(23)24/h3-8,11,16,19,21,30H,9-10H2,1-2H3,(H,29,33)(H,31,32). The molecule has 1 fully saturated rings. The smallest absolute Gasteiger partial charge is 0.416 e. The average molecular weight is 486 g/mol. The Labute approximate surface area is 192 Å². The fourth-order valence-corrected chi connectivity index (χ4v) is 3.50. The van der Waals surface area contributed by atoms with Crippen molar-refractivity contribution in [1.29, 1.82) is 0 Å². The molecule has 1 aromatic carbocycles. The van der Waals surface area contributed by atoms with E-state index in [0.717, 1.165) is 6.07 Å². The van der Waals surface area contributed by atoms with Crippen LogP contribution in [0.1, 0.15) is 54.7 Å². The monoisotopic (exact) mass is 486 g/mol. The first-order valence-corrected chi connectivity index (χ1v) is 10.4. The Balaban J connectivity index is 1.91. The molecule has 0 radical (unpaired) electrons. The first kappa shape index (κ1) is 25.3. The largest absolute Gasteiger partial charge is 0.417 e. The second-order valence-corrected chi connectivity index (χ2v) is 8.02. The number of pyridine rings is 1. The summed E-state index contributed by atoms with van der Waals surface area (Å²) in [6, 6.07) is 5.28. The van der Waals surface area contributed by atoms with Gasteiger partial charge < -0.3 is 15.4 Å². The third-order valence-corrected chi connectivity index (χ3v) is 5.16. The lowest BCUT2D eigenvalue weighted by Gasteiger charge is -2.33. The van der Waals surface area contributed by atoms with Crippen LogP contribution in [0.2, 0.25) is 0 Å². The SMILES string of the molecule is CC(C)C(=O)NCc1ccc(C(F)(F)F)c(C2NC(=O)CC(c3ccnc(OC(F)F)c3)N2)c1. The molecule has 0 spiro atoms. The van der Waals surface area contributed by atoms with Gasteiger partial charge in [0.25, 0.3) is 0 Å². The minimum absolute atomic E-state index is 0.00489. The highest BCUT2D eigenvalue weighted by atomic mass is 19.4. The van der Waals surface area contributed by atoms with Crippen LogP contribution >= 0.6 is 0 Å². The van der Waals surface area contributed by atoms with Crippen LogP contribution < -0.4 is 20.7 Å². The van der Waals surface area contributed by atoms with Gasteiger partial charge in [0.2, 0.25) is 17.7 Å². The van der Waals surface area contributed by atoms with E-state index in [2.05, 4.69) is 25.7 Å². The molecule has 2 heterocycles. The molecule has 0 saturated carbocycles. The number of ether oxygens (including phenoxy) is 1. The highest BCUT2D eigenvalue weighted by Gasteiger charge is 2.38. The molecule has 12 heteroatoms. The van der Waals surface area contributed by atoms with Gasteiger partial charge >= 0.3 is 12.8 Å². The Morgan fingerprint density at radius 2 is 1.97 bits per heavy atom. The molecule has 34 heavy (non-hydrogen) atoms. The molecule has 1 aliphatic rings.